The summed E-state index contributed by atoms with van der Waals surface area (Å²) in [5, 5.41) is 9.39. The van der Waals surface area contributed by atoms with Crippen molar-refractivity contribution >= 4 is 15.9 Å². The molecule has 0 aliphatic rings. The monoisotopic (exact) mass is 168 g/mol. The Bertz CT molecular complexity index is 40.7. The molecule has 0 rings (SSSR count). The fourth-order valence-corrected chi connectivity index (χ4v) is 0.603. The van der Waals surface area contributed by atoms with E-state index in [-0.39, 0.29) is 0 Å². The number of alkyl halides is 1. The third-order valence-corrected chi connectivity index (χ3v) is 1.09. The maximum atomic E-state index is 8.61. The lowest BCUT2D eigenvalue weighted by atomic mass is 10.5. The zero-order chi connectivity index (χ0) is 5.70. The van der Waals surface area contributed by atoms with Crippen LogP contribution in [-0.2, 0) is 4.74 Å². The number of methoxy groups -OCH3 is 1. The number of rotatable bonds is 3. The first kappa shape index (κ1) is 7.40. The zero-order valence-corrected chi connectivity index (χ0v) is 5.81. The first-order valence-corrected chi connectivity index (χ1v) is 3.20. The van der Waals surface area contributed by atoms with Gasteiger partial charge in [-0.15, -0.1) is 0 Å². The average Bonchev–Trinajstić information content (AvgIpc) is 1.68. The fourth-order valence-electron chi connectivity index (χ4n) is 0.211. The van der Waals surface area contributed by atoms with Crippen LogP contribution in [0.5, 0.6) is 0 Å². The minimum absolute atomic E-state index is 0.598. The number of aliphatic hydroxyl groups is 1. The van der Waals surface area contributed by atoms with Crippen LogP contribution in [-0.4, -0.2) is 23.8 Å². The zero-order valence-electron chi connectivity index (χ0n) is 4.22. The van der Waals surface area contributed by atoms with Crippen LogP contribution in [0.1, 0.15) is 6.42 Å². The standard InChI is InChI=1S/C4H9BrO2/c1-7-4(6)2-3-5/h4,6H,2-3H2,1H3. The van der Waals surface area contributed by atoms with Gasteiger partial charge < -0.3 is 9.84 Å². The lowest BCUT2D eigenvalue weighted by molar-refractivity contribution is -0.0738. The summed E-state index contributed by atoms with van der Waals surface area (Å²) in [6, 6.07) is 0. The molecule has 3 heteroatoms. The first-order chi connectivity index (χ1) is 3.31. The first-order valence-electron chi connectivity index (χ1n) is 2.08. The summed E-state index contributed by atoms with van der Waals surface area (Å²) in [4.78, 5) is 0. The van der Waals surface area contributed by atoms with Gasteiger partial charge in [-0.2, -0.15) is 0 Å². The number of ether oxygens (including phenoxy) is 1. The van der Waals surface area contributed by atoms with E-state index in [4.69, 9.17) is 5.11 Å². The summed E-state index contributed by atoms with van der Waals surface area (Å²) >= 11 is 3.15. The maximum Gasteiger partial charge on any atom is 0.154 e. The minimum atomic E-state index is -0.598. The van der Waals surface area contributed by atoms with Gasteiger partial charge in [0.15, 0.2) is 6.29 Å². The molecule has 0 saturated carbocycles. The minimum Gasteiger partial charge on any atom is -0.368 e. The quantitative estimate of drug-likeness (QED) is 0.498. The number of hydrogen-bond donors (Lipinski definition) is 1. The summed E-state index contributed by atoms with van der Waals surface area (Å²) < 4.78 is 4.52. The Kier molecular flexibility index (Phi) is 4.82. The molecule has 44 valence electrons. The van der Waals surface area contributed by atoms with Crippen LogP contribution in [0.15, 0.2) is 0 Å². The van der Waals surface area contributed by atoms with Gasteiger partial charge in [-0.1, -0.05) is 15.9 Å². The Balaban J connectivity index is 2.83. The van der Waals surface area contributed by atoms with Crippen molar-refractivity contribution in [1.82, 2.24) is 0 Å². The van der Waals surface area contributed by atoms with E-state index in [9.17, 15) is 0 Å². The Labute approximate surface area is 51.6 Å². The van der Waals surface area contributed by atoms with Crippen LogP contribution in [0.25, 0.3) is 0 Å². The van der Waals surface area contributed by atoms with Crippen molar-refractivity contribution in [3.63, 3.8) is 0 Å². The molecule has 1 unspecified atom stereocenters. The van der Waals surface area contributed by atoms with E-state index in [1.807, 2.05) is 0 Å². The molecule has 0 saturated heterocycles. The van der Waals surface area contributed by atoms with E-state index in [0.29, 0.717) is 6.42 Å². The molecule has 0 heterocycles. The molecular weight excluding hydrogens is 160 g/mol. The maximum absolute atomic E-state index is 8.61. The number of hydrogen-bond acceptors (Lipinski definition) is 2. The van der Waals surface area contributed by atoms with Gasteiger partial charge in [-0.25, -0.2) is 0 Å². The number of aliphatic hydroxyl groups excluding tert-OH is 1. The molecule has 0 aromatic rings. The van der Waals surface area contributed by atoms with Crippen molar-refractivity contribution in [3.8, 4) is 0 Å². The Morgan fingerprint density at radius 2 is 2.43 bits per heavy atom. The van der Waals surface area contributed by atoms with Crippen LogP contribution in [0.4, 0.5) is 0 Å². The Hall–Kier alpha value is 0.400. The molecule has 1 N–H and O–H groups in total. The molecule has 0 spiro atoms. The van der Waals surface area contributed by atoms with Crippen LogP contribution >= 0.6 is 15.9 Å². The molecule has 0 fully saturated rings. The highest BCUT2D eigenvalue weighted by atomic mass is 79.9. The van der Waals surface area contributed by atoms with Gasteiger partial charge in [-0.05, 0) is 0 Å². The van der Waals surface area contributed by atoms with E-state index in [1.54, 1.807) is 0 Å². The Morgan fingerprint density at radius 1 is 1.86 bits per heavy atom. The Morgan fingerprint density at radius 3 is 2.57 bits per heavy atom. The molecule has 2 nitrogen and oxygen atoms in total. The largest absolute Gasteiger partial charge is 0.368 e. The molecule has 0 aromatic carbocycles. The van der Waals surface area contributed by atoms with E-state index in [2.05, 4.69) is 20.7 Å². The van der Waals surface area contributed by atoms with Crippen molar-refractivity contribution in [2.24, 2.45) is 0 Å². The van der Waals surface area contributed by atoms with Crippen molar-refractivity contribution in [3.05, 3.63) is 0 Å². The van der Waals surface area contributed by atoms with Crippen LogP contribution < -0.4 is 0 Å². The van der Waals surface area contributed by atoms with Gasteiger partial charge in [0.25, 0.3) is 0 Å². The second-order valence-corrected chi connectivity index (χ2v) is 1.96. The van der Waals surface area contributed by atoms with Crippen molar-refractivity contribution in [1.29, 1.82) is 0 Å². The summed E-state index contributed by atoms with van der Waals surface area (Å²) in [5.41, 5.74) is 0. The van der Waals surface area contributed by atoms with Gasteiger partial charge in [0, 0.05) is 18.9 Å². The summed E-state index contributed by atoms with van der Waals surface area (Å²) in [7, 11) is 1.48. The highest BCUT2D eigenvalue weighted by Gasteiger charge is 1.95. The smallest absolute Gasteiger partial charge is 0.154 e. The molecule has 7 heavy (non-hydrogen) atoms. The molecule has 1 atom stereocenters. The topological polar surface area (TPSA) is 29.5 Å². The summed E-state index contributed by atoms with van der Waals surface area (Å²) in [6.45, 7) is 0. The molecule has 0 radical (unpaired) electrons. The average molecular weight is 169 g/mol. The van der Waals surface area contributed by atoms with E-state index in [0.717, 1.165) is 5.33 Å². The molecule has 0 bridgehead atoms. The van der Waals surface area contributed by atoms with E-state index >= 15 is 0 Å². The van der Waals surface area contributed by atoms with Crippen molar-refractivity contribution in [2.75, 3.05) is 12.4 Å². The van der Waals surface area contributed by atoms with Crippen LogP contribution in [0, 0.1) is 0 Å². The molecule has 0 amide bonds. The molecule has 0 aliphatic heterocycles. The lowest BCUT2D eigenvalue weighted by Crippen LogP contribution is -2.08. The predicted molar refractivity (Wildman–Crippen MR) is 31.4 cm³/mol. The predicted octanol–water partition coefficient (Wildman–Crippen LogP) is 0.736. The second-order valence-electron chi connectivity index (χ2n) is 1.17. The van der Waals surface area contributed by atoms with Gasteiger partial charge in [0.1, 0.15) is 0 Å². The summed E-state index contributed by atoms with van der Waals surface area (Å²) in [6.07, 6.45) is 0.0515. The highest BCUT2D eigenvalue weighted by Crippen LogP contribution is 1.94. The van der Waals surface area contributed by atoms with Crippen molar-refractivity contribution in [2.45, 2.75) is 12.7 Å². The van der Waals surface area contributed by atoms with Crippen LogP contribution in [0.2, 0.25) is 0 Å². The molecular formula is C4H9BrO2. The lowest BCUT2D eigenvalue weighted by Gasteiger charge is -2.02. The molecule has 0 aromatic heterocycles. The van der Waals surface area contributed by atoms with Gasteiger partial charge in [-0.3, -0.25) is 0 Å². The second kappa shape index (κ2) is 4.56. The normalized spacial score (nSPS) is 14.1. The third-order valence-electron chi connectivity index (χ3n) is 0.628. The van der Waals surface area contributed by atoms with Gasteiger partial charge >= 0.3 is 0 Å². The fraction of sp³-hybridized carbons (Fsp3) is 1.00. The highest BCUT2D eigenvalue weighted by molar-refractivity contribution is 9.09. The number of halogens is 1. The molecule has 0 aliphatic carbocycles. The van der Waals surface area contributed by atoms with Gasteiger partial charge in [0.2, 0.25) is 0 Å². The van der Waals surface area contributed by atoms with E-state index in [1.165, 1.54) is 7.11 Å². The third kappa shape index (κ3) is 4.25. The van der Waals surface area contributed by atoms with E-state index < -0.39 is 6.29 Å². The van der Waals surface area contributed by atoms with Crippen molar-refractivity contribution < 1.29 is 9.84 Å². The van der Waals surface area contributed by atoms with Crippen LogP contribution in [0.3, 0.4) is 0 Å². The van der Waals surface area contributed by atoms with Gasteiger partial charge in [0.05, 0.1) is 0 Å². The SMILES string of the molecule is COC(O)CCBr. The summed E-state index contributed by atoms with van der Waals surface area (Å²) in [5.74, 6) is 0.